The van der Waals surface area contributed by atoms with E-state index < -0.39 is 15.7 Å². The fourth-order valence-corrected chi connectivity index (χ4v) is 4.29. The Hall–Kier alpha value is -1.89. The van der Waals surface area contributed by atoms with Gasteiger partial charge in [0.1, 0.15) is 0 Å². The second-order valence-electron chi connectivity index (χ2n) is 5.59. The van der Waals surface area contributed by atoms with Gasteiger partial charge in [0.15, 0.2) is 0 Å². The monoisotopic (exact) mass is 321 g/mol. The predicted molar refractivity (Wildman–Crippen MR) is 84.6 cm³/mol. The molecular formula is C15H19N3O3S. The zero-order chi connectivity index (χ0) is 15.9. The van der Waals surface area contributed by atoms with Crippen molar-refractivity contribution in [2.75, 3.05) is 24.6 Å². The highest BCUT2D eigenvalue weighted by atomic mass is 32.2. The third kappa shape index (κ3) is 2.29. The molecule has 1 amide bonds. The molecule has 3 rings (SSSR count). The number of amides is 1. The van der Waals surface area contributed by atoms with Crippen LogP contribution in [-0.4, -0.2) is 43.9 Å². The number of rotatable bonds is 2. The van der Waals surface area contributed by atoms with Gasteiger partial charge in [-0.05, 0) is 44.4 Å². The number of aryl methyl sites for hydroxylation is 1. The molecule has 2 aliphatic heterocycles. The summed E-state index contributed by atoms with van der Waals surface area (Å²) in [7, 11) is -3.86. The minimum atomic E-state index is -3.86. The number of nitrogens with zero attached hydrogens (tertiary/aromatic N) is 3. The van der Waals surface area contributed by atoms with E-state index in [1.54, 1.807) is 28.1 Å². The maximum atomic E-state index is 12.8. The lowest BCUT2D eigenvalue weighted by Gasteiger charge is -2.28. The van der Waals surface area contributed by atoms with Crippen LogP contribution in [-0.2, 0) is 14.6 Å². The Morgan fingerprint density at radius 2 is 1.95 bits per heavy atom. The largest absolute Gasteiger partial charge is 0.337 e. The fraction of sp³-hybridized carbons (Fsp3) is 0.467. The highest BCUT2D eigenvalue weighted by Crippen LogP contribution is 2.33. The van der Waals surface area contributed by atoms with E-state index in [1.807, 2.05) is 13.8 Å². The topological polar surface area (TPSA) is 70.1 Å². The van der Waals surface area contributed by atoms with E-state index in [9.17, 15) is 13.2 Å². The van der Waals surface area contributed by atoms with Crippen LogP contribution in [0.3, 0.4) is 0 Å². The molecule has 2 heterocycles. The number of sulfone groups is 1. The minimum absolute atomic E-state index is 0.164. The van der Waals surface area contributed by atoms with E-state index in [0.29, 0.717) is 25.3 Å². The lowest BCUT2D eigenvalue weighted by atomic mass is 10.2. The molecule has 0 saturated carbocycles. The zero-order valence-corrected chi connectivity index (χ0v) is 13.6. The molecule has 1 aromatic rings. The summed E-state index contributed by atoms with van der Waals surface area (Å²) in [4.78, 5) is 14.3. The molecule has 0 spiro atoms. The van der Waals surface area contributed by atoms with Crippen molar-refractivity contribution < 1.29 is 13.2 Å². The molecule has 22 heavy (non-hydrogen) atoms. The molecule has 1 saturated heterocycles. The van der Waals surface area contributed by atoms with E-state index in [4.69, 9.17) is 0 Å². The number of carbonyl (C=O) groups is 1. The standard InChI is InChI=1S/C15H19N3O3S/c1-3-18-12-10-11(2)6-7-13(12)22(20,21)14(16-18)15(19)17-8-4-5-9-17/h6-7,10H,3-5,8-9H2,1-2H3. The Balaban J connectivity index is 2.10. The van der Waals surface area contributed by atoms with Gasteiger partial charge in [-0.1, -0.05) is 6.07 Å². The summed E-state index contributed by atoms with van der Waals surface area (Å²) in [5.74, 6) is -0.484. The molecule has 2 aliphatic rings. The van der Waals surface area contributed by atoms with Crippen LogP contribution in [0.25, 0.3) is 0 Å². The molecule has 1 fully saturated rings. The first-order valence-corrected chi connectivity index (χ1v) is 8.94. The molecule has 0 aliphatic carbocycles. The van der Waals surface area contributed by atoms with Crippen LogP contribution >= 0.6 is 0 Å². The lowest BCUT2D eigenvalue weighted by molar-refractivity contribution is -0.122. The minimum Gasteiger partial charge on any atom is -0.337 e. The summed E-state index contributed by atoms with van der Waals surface area (Å²) in [5.41, 5.74) is 1.50. The van der Waals surface area contributed by atoms with Crippen LogP contribution in [0, 0.1) is 6.92 Å². The number of hydrogen-bond acceptors (Lipinski definition) is 5. The first kappa shape index (κ1) is 15.0. The molecule has 0 radical (unpaired) electrons. The van der Waals surface area contributed by atoms with Crippen LogP contribution in [0.2, 0.25) is 0 Å². The average molecular weight is 321 g/mol. The number of hydrogen-bond donors (Lipinski definition) is 0. The quantitative estimate of drug-likeness (QED) is 0.828. The number of benzene rings is 1. The van der Waals surface area contributed by atoms with E-state index >= 15 is 0 Å². The van der Waals surface area contributed by atoms with E-state index in [-0.39, 0.29) is 9.94 Å². The van der Waals surface area contributed by atoms with Gasteiger partial charge in [0.05, 0.1) is 10.6 Å². The number of hydrazone groups is 1. The molecular weight excluding hydrogens is 302 g/mol. The Morgan fingerprint density at radius 3 is 2.59 bits per heavy atom. The number of anilines is 1. The molecule has 0 bridgehead atoms. The van der Waals surface area contributed by atoms with Gasteiger partial charge >= 0.3 is 0 Å². The average Bonchev–Trinajstić information content (AvgIpc) is 3.00. The summed E-state index contributed by atoms with van der Waals surface area (Å²) >= 11 is 0. The van der Waals surface area contributed by atoms with Crippen molar-refractivity contribution in [1.29, 1.82) is 0 Å². The Kier molecular flexibility index (Phi) is 3.68. The SMILES string of the molecule is CCN1N=C(C(=O)N2CCCC2)S(=O)(=O)c2ccc(C)cc21. The first-order chi connectivity index (χ1) is 10.4. The Bertz CT molecular complexity index is 749. The molecule has 0 unspecified atom stereocenters. The molecule has 0 aromatic heterocycles. The maximum absolute atomic E-state index is 12.8. The normalized spacial score (nSPS) is 19.8. The third-order valence-electron chi connectivity index (χ3n) is 4.02. The Labute approximate surface area is 130 Å². The van der Waals surface area contributed by atoms with E-state index in [1.165, 1.54) is 0 Å². The predicted octanol–water partition coefficient (Wildman–Crippen LogP) is 1.54. The second kappa shape index (κ2) is 5.39. The molecule has 0 N–H and O–H groups in total. The van der Waals surface area contributed by atoms with Crippen molar-refractivity contribution in [3.05, 3.63) is 23.8 Å². The van der Waals surface area contributed by atoms with Gasteiger partial charge in [-0.3, -0.25) is 9.80 Å². The van der Waals surface area contributed by atoms with Crippen molar-refractivity contribution >= 4 is 26.5 Å². The molecule has 1 aromatic carbocycles. The van der Waals surface area contributed by atoms with Gasteiger partial charge in [0.25, 0.3) is 5.91 Å². The summed E-state index contributed by atoms with van der Waals surface area (Å²) in [6.45, 7) is 5.48. The van der Waals surface area contributed by atoms with Gasteiger partial charge in [-0.15, -0.1) is 0 Å². The number of likely N-dealkylation sites (tertiary alicyclic amines) is 1. The van der Waals surface area contributed by atoms with Crippen LogP contribution in [0.1, 0.15) is 25.3 Å². The van der Waals surface area contributed by atoms with Crippen molar-refractivity contribution in [3.63, 3.8) is 0 Å². The molecule has 118 valence electrons. The van der Waals surface area contributed by atoms with Crippen LogP contribution in [0.5, 0.6) is 0 Å². The van der Waals surface area contributed by atoms with Crippen molar-refractivity contribution in [3.8, 4) is 0 Å². The first-order valence-electron chi connectivity index (χ1n) is 7.46. The summed E-state index contributed by atoms with van der Waals surface area (Å²) in [6, 6.07) is 5.10. The summed E-state index contributed by atoms with van der Waals surface area (Å²) in [6.07, 6.45) is 1.82. The fourth-order valence-electron chi connectivity index (χ4n) is 2.83. The molecule has 0 atom stereocenters. The van der Waals surface area contributed by atoms with Crippen LogP contribution in [0.15, 0.2) is 28.2 Å². The highest BCUT2D eigenvalue weighted by Gasteiger charge is 2.39. The number of fused-ring (bicyclic) bond motifs is 1. The van der Waals surface area contributed by atoms with Gasteiger partial charge < -0.3 is 4.90 Å². The van der Waals surface area contributed by atoms with E-state index in [2.05, 4.69) is 5.10 Å². The van der Waals surface area contributed by atoms with Crippen LogP contribution < -0.4 is 5.01 Å². The second-order valence-corrected chi connectivity index (χ2v) is 7.43. The van der Waals surface area contributed by atoms with Crippen molar-refractivity contribution in [1.82, 2.24) is 4.90 Å². The Morgan fingerprint density at radius 1 is 1.27 bits per heavy atom. The van der Waals surface area contributed by atoms with Gasteiger partial charge in [0.2, 0.25) is 14.9 Å². The van der Waals surface area contributed by atoms with Gasteiger partial charge in [-0.25, -0.2) is 8.42 Å². The van der Waals surface area contributed by atoms with Gasteiger partial charge in [-0.2, -0.15) is 5.10 Å². The van der Waals surface area contributed by atoms with Gasteiger partial charge in [0, 0.05) is 19.6 Å². The van der Waals surface area contributed by atoms with Crippen molar-refractivity contribution in [2.24, 2.45) is 5.10 Å². The van der Waals surface area contributed by atoms with Crippen LogP contribution in [0.4, 0.5) is 5.69 Å². The molecule has 7 heteroatoms. The molecule has 6 nitrogen and oxygen atoms in total. The summed E-state index contributed by atoms with van der Waals surface area (Å²) in [5, 5.41) is 5.39. The smallest absolute Gasteiger partial charge is 0.286 e. The summed E-state index contributed by atoms with van der Waals surface area (Å²) < 4.78 is 25.5. The van der Waals surface area contributed by atoms with Crippen molar-refractivity contribution in [2.45, 2.75) is 31.6 Å². The lowest BCUT2D eigenvalue weighted by Crippen LogP contribution is -2.42. The number of carbonyl (C=O) groups excluding carboxylic acids is 1. The maximum Gasteiger partial charge on any atom is 0.286 e. The third-order valence-corrected chi connectivity index (χ3v) is 5.71. The highest BCUT2D eigenvalue weighted by molar-refractivity contribution is 8.08. The van der Waals surface area contributed by atoms with E-state index in [0.717, 1.165) is 18.4 Å². The zero-order valence-electron chi connectivity index (χ0n) is 12.7.